The van der Waals surface area contributed by atoms with Gasteiger partial charge in [0, 0.05) is 43.4 Å². The van der Waals surface area contributed by atoms with Gasteiger partial charge in [0.1, 0.15) is 5.69 Å². The number of nitrogens with zero attached hydrogens (tertiary/aromatic N) is 2. The van der Waals surface area contributed by atoms with Gasteiger partial charge in [-0.3, -0.25) is 9.78 Å². The van der Waals surface area contributed by atoms with Crippen molar-refractivity contribution in [3.05, 3.63) is 48.3 Å². The van der Waals surface area contributed by atoms with Gasteiger partial charge in [-0.2, -0.15) is 0 Å². The molecule has 1 aromatic carbocycles. The van der Waals surface area contributed by atoms with E-state index in [9.17, 15) is 4.79 Å². The van der Waals surface area contributed by atoms with Crippen molar-refractivity contribution in [3.8, 4) is 0 Å². The van der Waals surface area contributed by atoms with E-state index in [1.165, 1.54) is 12.8 Å². The zero-order valence-corrected chi connectivity index (χ0v) is 12.8. The molecule has 0 atom stereocenters. The minimum Gasteiger partial charge on any atom is -0.382 e. The van der Waals surface area contributed by atoms with Gasteiger partial charge < -0.3 is 15.5 Å². The number of amides is 1. The van der Waals surface area contributed by atoms with Crippen LogP contribution in [-0.4, -0.2) is 31.0 Å². The highest BCUT2D eigenvalue weighted by molar-refractivity contribution is 6.03. The van der Waals surface area contributed by atoms with Gasteiger partial charge in [-0.15, -0.1) is 0 Å². The van der Waals surface area contributed by atoms with E-state index in [4.69, 9.17) is 0 Å². The van der Waals surface area contributed by atoms with Crippen molar-refractivity contribution in [2.75, 3.05) is 29.6 Å². The maximum atomic E-state index is 12.3. The lowest BCUT2D eigenvalue weighted by Crippen LogP contribution is -2.14. The molecule has 1 aromatic heterocycles. The molecule has 1 fully saturated rings. The molecule has 114 valence electrons. The van der Waals surface area contributed by atoms with E-state index >= 15 is 0 Å². The summed E-state index contributed by atoms with van der Waals surface area (Å²) in [5.41, 5.74) is 3.22. The molecule has 2 N–H and O–H groups in total. The molecule has 2 aromatic rings. The highest BCUT2D eigenvalue weighted by atomic mass is 16.1. The van der Waals surface area contributed by atoms with E-state index < -0.39 is 0 Å². The maximum Gasteiger partial charge on any atom is 0.274 e. The van der Waals surface area contributed by atoms with E-state index in [0.29, 0.717) is 11.7 Å². The highest BCUT2D eigenvalue weighted by Crippen LogP contribution is 2.24. The van der Waals surface area contributed by atoms with Crippen LogP contribution in [-0.2, 0) is 0 Å². The summed E-state index contributed by atoms with van der Waals surface area (Å²) in [5.74, 6) is -0.197. The number of aromatic nitrogens is 1. The average molecular weight is 296 g/mol. The van der Waals surface area contributed by atoms with Gasteiger partial charge in [0.25, 0.3) is 5.91 Å². The molecule has 1 aliphatic carbocycles. The fraction of sp³-hybridized carbons (Fsp3) is 0.294. The smallest absolute Gasteiger partial charge is 0.274 e. The van der Waals surface area contributed by atoms with Crippen molar-refractivity contribution in [1.29, 1.82) is 0 Å². The molecule has 0 bridgehead atoms. The van der Waals surface area contributed by atoms with Gasteiger partial charge >= 0.3 is 0 Å². The Bertz CT molecular complexity index is 663. The van der Waals surface area contributed by atoms with Crippen LogP contribution in [0.25, 0.3) is 0 Å². The summed E-state index contributed by atoms with van der Waals surface area (Å²) >= 11 is 0. The average Bonchev–Trinajstić information content (AvgIpc) is 3.32. The van der Waals surface area contributed by atoms with E-state index in [1.807, 2.05) is 49.3 Å². The standard InChI is InChI=1S/C17H20N4O/c1-21(2)15-7-5-13(6-8-15)20-17(22)16-11-14(9-10-18-16)19-12-3-4-12/h5-12H,3-4H2,1-2H3,(H,18,19)(H,20,22). The number of benzene rings is 1. The van der Waals surface area contributed by atoms with Crippen LogP contribution in [0.5, 0.6) is 0 Å². The second kappa shape index (κ2) is 6.05. The first-order valence-corrected chi connectivity index (χ1v) is 7.43. The Hall–Kier alpha value is -2.56. The lowest BCUT2D eigenvalue weighted by Gasteiger charge is -2.13. The van der Waals surface area contributed by atoms with Crippen LogP contribution in [0.15, 0.2) is 42.6 Å². The van der Waals surface area contributed by atoms with E-state index in [-0.39, 0.29) is 5.91 Å². The maximum absolute atomic E-state index is 12.3. The van der Waals surface area contributed by atoms with Crippen molar-refractivity contribution in [3.63, 3.8) is 0 Å². The molecule has 0 aliphatic heterocycles. The number of carbonyl (C=O) groups is 1. The molecule has 5 heteroatoms. The number of carbonyl (C=O) groups excluding carboxylic acids is 1. The van der Waals surface area contributed by atoms with Gasteiger partial charge in [0.2, 0.25) is 0 Å². The van der Waals surface area contributed by atoms with Crippen molar-refractivity contribution in [1.82, 2.24) is 4.98 Å². The zero-order valence-electron chi connectivity index (χ0n) is 12.8. The van der Waals surface area contributed by atoms with Gasteiger partial charge in [-0.1, -0.05) is 0 Å². The van der Waals surface area contributed by atoms with Crippen molar-refractivity contribution < 1.29 is 4.79 Å². The normalized spacial score (nSPS) is 13.5. The minimum absolute atomic E-state index is 0.197. The fourth-order valence-corrected chi connectivity index (χ4v) is 2.15. The van der Waals surface area contributed by atoms with Gasteiger partial charge in [0.05, 0.1) is 0 Å². The van der Waals surface area contributed by atoms with Crippen LogP contribution >= 0.6 is 0 Å². The Balaban J connectivity index is 1.68. The number of anilines is 3. The Morgan fingerprint density at radius 1 is 1.14 bits per heavy atom. The van der Waals surface area contributed by atoms with Crippen LogP contribution in [0, 0.1) is 0 Å². The Morgan fingerprint density at radius 3 is 2.50 bits per heavy atom. The summed E-state index contributed by atoms with van der Waals surface area (Å²) in [6.07, 6.45) is 4.05. The van der Waals surface area contributed by atoms with Crippen LogP contribution in [0.4, 0.5) is 17.1 Å². The quantitative estimate of drug-likeness (QED) is 0.890. The molecule has 0 spiro atoms. The van der Waals surface area contributed by atoms with Crippen LogP contribution in [0.3, 0.4) is 0 Å². The molecular weight excluding hydrogens is 276 g/mol. The third kappa shape index (κ3) is 3.55. The number of hydrogen-bond donors (Lipinski definition) is 2. The molecule has 1 amide bonds. The molecule has 1 saturated carbocycles. The molecule has 1 heterocycles. The summed E-state index contributed by atoms with van der Waals surface area (Å²) in [5, 5.41) is 6.24. The Morgan fingerprint density at radius 2 is 1.86 bits per heavy atom. The topological polar surface area (TPSA) is 57.3 Å². The Kier molecular flexibility index (Phi) is 3.96. The molecule has 3 rings (SSSR count). The summed E-state index contributed by atoms with van der Waals surface area (Å²) in [4.78, 5) is 18.4. The van der Waals surface area contributed by atoms with Crippen LogP contribution in [0.2, 0.25) is 0 Å². The predicted octanol–water partition coefficient (Wildman–Crippen LogP) is 2.97. The van der Waals surface area contributed by atoms with Crippen LogP contribution < -0.4 is 15.5 Å². The minimum atomic E-state index is -0.197. The second-order valence-corrected chi connectivity index (χ2v) is 5.74. The van der Waals surface area contributed by atoms with Crippen molar-refractivity contribution in [2.24, 2.45) is 0 Å². The molecule has 0 unspecified atom stereocenters. The van der Waals surface area contributed by atoms with Crippen LogP contribution in [0.1, 0.15) is 23.3 Å². The molecule has 1 aliphatic rings. The van der Waals surface area contributed by atoms with Gasteiger partial charge in [0.15, 0.2) is 0 Å². The molecular formula is C17H20N4O. The number of hydrogen-bond acceptors (Lipinski definition) is 4. The fourth-order valence-electron chi connectivity index (χ4n) is 2.15. The van der Waals surface area contributed by atoms with Gasteiger partial charge in [-0.25, -0.2) is 0 Å². The van der Waals surface area contributed by atoms with E-state index in [2.05, 4.69) is 15.6 Å². The molecule has 5 nitrogen and oxygen atoms in total. The Labute approximate surface area is 130 Å². The highest BCUT2D eigenvalue weighted by Gasteiger charge is 2.21. The van der Waals surface area contributed by atoms with E-state index in [1.54, 1.807) is 12.3 Å². The number of pyridine rings is 1. The SMILES string of the molecule is CN(C)c1ccc(NC(=O)c2cc(NC3CC3)ccn2)cc1. The largest absolute Gasteiger partial charge is 0.382 e. The van der Waals surface area contributed by atoms with Gasteiger partial charge in [-0.05, 0) is 49.2 Å². The second-order valence-electron chi connectivity index (χ2n) is 5.74. The lowest BCUT2D eigenvalue weighted by atomic mass is 10.2. The third-order valence-corrected chi connectivity index (χ3v) is 3.58. The third-order valence-electron chi connectivity index (χ3n) is 3.58. The first kappa shape index (κ1) is 14.4. The molecule has 0 saturated heterocycles. The number of rotatable bonds is 5. The zero-order chi connectivity index (χ0) is 15.5. The first-order chi connectivity index (χ1) is 10.6. The molecule has 0 radical (unpaired) electrons. The summed E-state index contributed by atoms with van der Waals surface area (Å²) in [6, 6.07) is 11.9. The van der Waals surface area contributed by atoms with E-state index in [0.717, 1.165) is 17.1 Å². The predicted molar refractivity (Wildman–Crippen MR) is 89.6 cm³/mol. The number of nitrogens with one attached hydrogen (secondary N) is 2. The monoisotopic (exact) mass is 296 g/mol. The molecule has 22 heavy (non-hydrogen) atoms. The van der Waals surface area contributed by atoms with Crippen molar-refractivity contribution in [2.45, 2.75) is 18.9 Å². The summed E-state index contributed by atoms with van der Waals surface area (Å²) in [6.45, 7) is 0. The lowest BCUT2D eigenvalue weighted by molar-refractivity contribution is 0.102. The first-order valence-electron chi connectivity index (χ1n) is 7.43. The summed E-state index contributed by atoms with van der Waals surface area (Å²) in [7, 11) is 3.96. The summed E-state index contributed by atoms with van der Waals surface area (Å²) < 4.78 is 0. The van der Waals surface area contributed by atoms with Crippen molar-refractivity contribution >= 4 is 23.0 Å².